The van der Waals surface area contributed by atoms with Crippen molar-refractivity contribution in [2.75, 3.05) is 6.61 Å². The molecule has 3 aromatic rings. The average molecular weight is 453 g/mol. The van der Waals surface area contributed by atoms with Crippen LogP contribution in [-0.2, 0) is 6.54 Å². The first kappa shape index (κ1) is 21.7. The summed E-state index contributed by atoms with van der Waals surface area (Å²) in [5.41, 5.74) is -0.00565. The zero-order chi connectivity index (χ0) is 22.9. The molecule has 3 heterocycles. The van der Waals surface area contributed by atoms with E-state index in [-0.39, 0.29) is 23.4 Å². The largest absolute Gasteiger partial charge is 0.573 e. The summed E-state index contributed by atoms with van der Waals surface area (Å²) >= 11 is 0. The van der Waals surface area contributed by atoms with Gasteiger partial charge in [0.25, 0.3) is 0 Å². The number of halogens is 5. The monoisotopic (exact) mass is 453 g/mol. The van der Waals surface area contributed by atoms with E-state index in [2.05, 4.69) is 14.8 Å². The summed E-state index contributed by atoms with van der Waals surface area (Å²) in [6.45, 7) is 1.07. The zero-order valence-electron chi connectivity index (χ0n) is 16.4. The van der Waals surface area contributed by atoms with Crippen molar-refractivity contribution in [2.45, 2.75) is 31.7 Å². The number of carbonyl (C=O) groups excluding carboxylic acids is 1. The number of alkyl halides is 3. The van der Waals surface area contributed by atoms with Gasteiger partial charge in [0.15, 0.2) is 17.3 Å². The normalized spacial score (nSPS) is 14.4. The maximum absolute atomic E-state index is 14.5. The lowest BCUT2D eigenvalue weighted by molar-refractivity contribution is -0.275. The van der Waals surface area contributed by atoms with Gasteiger partial charge in [-0.3, -0.25) is 9.78 Å². The molecule has 0 saturated carbocycles. The molecule has 0 saturated heterocycles. The van der Waals surface area contributed by atoms with Crippen LogP contribution in [0, 0.1) is 11.6 Å². The van der Waals surface area contributed by atoms with E-state index in [1.807, 2.05) is 0 Å². The van der Waals surface area contributed by atoms with Crippen molar-refractivity contribution < 1.29 is 36.2 Å². The molecule has 0 unspecified atom stereocenters. The fraction of sp³-hybridized carbons (Fsp3) is 0.286. The van der Waals surface area contributed by atoms with Gasteiger partial charge in [-0.1, -0.05) is 6.07 Å². The maximum Gasteiger partial charge on any atom is 0.573 e. The smallest absolute Gasteiger partial charge is 0.478 e. The summed E-state index contributed by atoms with van der Waals surface area (Å²) in [7, 11) is 0. The van der Waals surface area contributed by atoms with E-state index >= 15 is 0 Å². The van der Waals surface area contributed by atoms with Crippen molar-refractivity contribution in [3.05, 3.63) is 71.2 Å². The van der Waals surface area contributed by atoms with Gasteiger partial charge in [-0.05, 0) is 29.8 Å². The average Bonchev–Trinajstić information content (AvgIpc) is 3.18. The Bertz CT molecular complexity index is 1120. The number of hydrogen-bond acceptors (Lipinski definition) is 5. The number of Topliss-reactive ketones (excluding diaryl/α,β-unsaturated/α-hetero) is 1. The molecule has 6 nitrogen and oxygen atoms in total. The van der Waals surface area contributed by atoms with Crippen LogP contribution in [0.2, 0.25) is 0 Å². The minimum Gasteiger partial charge on any atom is -0.478 e. The molecule has 0 amide bonds. The molecule has 1 aromatic carbocycles. The van der Waals surface area contributed by atoms with E-state index in [0.29, 0.717) is 19.0 Å². The van der Waals surface area contributed by atoms with Crippen molar-refractivity contribution in [2.24, 2.45) is 0 Å². The number of carbonyl (C=O) groups is 1. The van der Waals surface area contributed by atoms with Gasteiger partial charge >= 0.3 is 6.36 Å². The summed E-state index contributed by atoms with van der Waals surface area (Å²) in [4.78, 5) is 16.9. The van der Waals surface area contributed by atoms with Crippen molar-refractivity contribution >= 4 is 5.78 Å². The van der Waals surface area contributed by atoms with Crippen LogP contribution in [-0.4, -0.2) is 33.5 Å². The topological polar surface area (TPSA) is 66.2 Å². The fourth-order valence-electron chi connectivity index (χ4n) is 3.46. The third kappa shape index (κ3) is 4.71. The van der Waals surface area contributed by atoms with E-state index in [1.165, 1.54) is 23.0 Å². The van der Waals surface area contributed by atoms with Gasteiger partial charge in [0.05, 0.1) is 12.3 Å². The van der Waals surface area contributed by atoms with E-state index in [9.17, 15) is 26.7 Å². The molecule has 1 aliphatic rings. The number of benzene rings is 1. The van der Waals surface area contributed by atoms with E-state index in [1.54, 1.807) is 0 Å². The third-order valence-corrected chi connectivity index (χ3v) is 4.88. The number of aromatic nitrogens is 3. The predicted octanol–water partition coefficient (Wildman–Crippen LogP) is 4.64. The standard InChI is InChI=1S/C21H16F5N3O3/c22-14-3-1-6-27-20(14)13(12-4-5-18(15(23)9-12)32-21(24,25)26)10-17(30)16-11-19-29(28-16)7-2-8-31-19/h1,3-6,9,11,13H,2,7-8,10H2/t13-/m0/s1. The summed E-state index contributed by atoms with van der Waals surface area (Å²) in [5.74, 6) is -4.21. The molecular formula is C21H16F5N3O3. The Morgan fingerprint density at radius 3 is 2.69 bits per heavy atom. The minimum absolute atomic E-state index is 0.0585. The molecule has 2 aromatic heterocycles. The summed E-state index contributed by atoms with van der Waals surface area (Å²) in [6, 6.07) is 6.62. The molecule has 0 fully saturated rings. The predicted molar refractivity (Wildman–Crippen MR) is 100 cm³/mol. The summed E-state index contributed by atoms with van der Waals surface area (Å²) < 4.78 is 76.7. The molecule has 4 rings (SSSR count). The SMILES string of the molecule is O=C(C[C@@H](c1ccc(OC(F)(F)F)c(F)c1)c1ncccc1F)c1cc2n(n1)CCCO2. The zero-order valence-corrected chi connectivity index (χ0v) is 16.4. The first-order valence-electron chi connectivity index (χ1n) is 9.61. The molecule has 0 bridgehead atoms. The van der Waals surface area contributed by atoms with Gasteiger partial charge in [-0.25, -0.2) is 13.5 Å². The number of hydrogen-bond donors (Lipinski definition) is 0. The quantitative estimate of drug-likeness (QED) is 0.402. The van der Waals surface area contributed by atoms with Gasteiger partial charge in [-0.15, -0.1) is 13.2 Å². The second-order valence-electron chi connectivity index (χ2n) is 7.08. The Balaban J connectivity index is 1.67. The van der Waals surface area contributed by atoms with Crippen LogP contribution in [0.4, 0.5) is 22.0 Å². The van der Waals surface area contributed by atoms with Crippen LogP contribution in [0.5, 0.6) is 11.6 Å². The molecule has 11 heteroatoms. The number of ketones is 1. The Kier molecular flexibility index (Phi) is 5.81. The number of ether oxygens (including phenoxy) is 2. The van der Waals surface area contributed by atoms with Gasteiger partial charge < -0.3 is 9.47 Å². The number of pyridine rings is 1. The van der Waals surface area contributed by atoms with Crippen LogP contribution in [0.15, 0.2) is 42.6 Å². The van der Waals surface area contributed by atoms with Crippen molar-refractivity contribution in [1.82, 2.24) is 14.8 Å². The molecule has 0 radical (unpaired) electrons. The Hall–Kier alpha value is -3.50. The van der Waals surface area contributed by atoms with Gasteiger partial charge in [0.2, 0.25) is 5.88 Å². The third-order valence-electron chi connectivity index (χ3n) is 4.88. The van der Waals surface area contributed by atoms with Gasteiger partial charge in [0.1, 0.15) is 11.5 Å². The van der Waals surface area contributed by atoms with Crippen LogP contribution >= 0.6 is 0 Å². The first-order chi connectivity index (χ1) is 15.2. The lowest BCUT2D eigenvalue weighted by Gasteiger charge is -2.18. The van der Waals surface area contributed by atoms with Crippen LogP contribution in [0.25, 0.3) is 0 Å². The van der Waals surface area contributed by atoms with Crippen LogP contribution < -0.4 is 9.47 Å². The Labute approximate surface area is 178 Å². The second-order valence-corrected chi connectivity index (χ2v) is 7.08. The molecule has 0 spiro atoms. The molecule has 1 atom stereocenters. The van der Waals surface area contributed by atoms with Crippen molar-refractivity contribution in [1.29, 1.82) is 0 Å². The second kappa shape index (κ2) is 8.56. The highest BCUT2D eigenvalue weighted by Crippen LogP contribution is 2.34. The highest BCUT2D eigenvalue weighted by Gasteiger charge is 2.33. The molecular weight excluding hydrogens is 437 g/mol. The molecule has 32 heavy (non-hydrogen) atoms. The van der Waals surface area contributed by atoms with E-state index in [0.717, 1.165) is 30.7 Å². The van der Waals surface area contributed by atoms with E-state index < -0.39 is 35.4 Å². The number of rotatable bonds is 6. The van der Waals surface area contributed by atoms with Crippen LogP contribution in [0.3, 0.4) is 0 Å². The van der Waals surface area contributed by atoms with Gasteiger partial charge in [0, 0.05) is 37.6 Å². The highest BCUT2D eigenvalue weighted by molar-refractivity contribution is 5.95. The lowest BCUT2D eigenvalue weighted by Crippen LogP contribution is -2.18. The minimum atomic E-state index is -5.08. The molecule has 1 aliphatic heterocycles. The number of nitrogens with zero attached hydrogens (tertiary/aromatic N) is 3. The van der Waals surface area contributed by atoms with Crippen molar-refractivity contribution in [3.63, 3.8) is 0 Å². The summed E-state index contributed by atoms with van der Waals surface area (Å²) in [5, 5.41) is 4.19. The fourth-order valence-corrected chi connectivity index (χ4v) is 3.46. The van der Waals surface area contributed by atoms with Gasteiger partial charge in [-0.2, -0.15) is 5.10 Å². The summed E-state index contributed by atoms with van der Waals surface area (Å²) in [6.07, 6.45) is -3.39. The highest BCUT2D eigenvalue weighted by atomic mass is 19.4. The number of fused-ring (bicyclic) bond motifs is 1. The molecule has 0 aliphatic carbocycles. The number of aryl methyl sites for hydroxylation is 1. The lowest BCUT2D eigenvalue weighted by atomic mass is 9.89. The molecule has 0 N–H and O–H groups in total. The Morgan fingerprint density at radius 2 is 2.00 bits per heavy atom. The first-order valence-corrected chi connectivity index (χ1v) is 9.61. The van der Waals surface area contributed by atoms with Crippen molar-refractivity contribution in [3.8, 4) is 11.6 Å². The maximum atomic E-state index is 14.5. The van der Waals surface area contributed by atoms with E-state index in [4.69, 9.17) is 4.74 Å². The molecule has 168 valence electrons. The van der Waals surface area contributed by atoms with Crippen LogP contribution in [0.1, 0.15) is 40.5 Å². The Morgan fingerprint density at radius 1 is 1.19 bits per heavy atom.